The highest BCUT2D eigenvalue weighted by Gasteiger charge is 2.19. The van der Waals surface area contributed by atoms with Crippen LogP contribution in [0.1, 0.15) is 40.5 Å². The molecule has 0 amide bonds. The second kappa shape index (κ2) is 4.37. The molecule has 2 nitrogen and oxygen atoms in total. The highest BCUT2D eigenvalue weighted by Crippen LogP contribution is 2.14. The van der Waals surface area contributed by atoms with Gasteiger partial charge >= 0.3 is 5.97 Å². The van der Waals surface area contributed by atoms with E-state index in [0.29, 0.717) is 0 Å². The van der Waals surface area contributed by atoms with Crippen LogP contribution in [0.15, 0.2) is 0 Å². The molecule has 0 saturated heterocycles. The predicted octanol–water partition coefficient (Wildman–Crippen LogP) is 2.33. The molecule has 0 saturated carbocycles. The number of carbonyl (C=O) groups excluding carboxylic acids is 1. The van der Waals surface area contributed by atoms with E-state index in [-0.39, 0.29) is 11.6 Å². The maximum absolute atomic E-state index is 10.9. The lowest BCUT2D eigenvalue weighted by Crippen LogP contribution is -2.26. The lowest BCUT2D eigenvalue weighted by atomic mass is 10.1. The first-order chi connectivity index (χ1) is 5.02. The molecule has 0 unspecified atom stereocenters. The Morgan fingerprint density at radius 3 is 2.36 bits per heavy atom. The number of hydrogen-bond donors (Lipinski definition) is 0. The van der Waals surface area contributed by atoms with Crippen LogP contribution >= 0.6 is 0 Å². The molecule has 2 heteroatoms. The van der Waals surface area contributed by atoms with Crippen LogP contribution in [0, 0.1) is 6.42 Å². The second-order valence-electron chi connectivity index (χ2n) is 3.15. The van der Waals surface area contributed by atoms with Crippen molar-refractivity contribution in [1.82, 2.24) is 0 Å². The van der Waals surface area contributed by atoms with Crippen LogP contribution < -0.4 is 0 Å². The van der Waals surface area contributed by atoms with E-state index in [9.17, 15) is 4.79 Å². The average Bonchev–Trinajstić information content (AvgIpc) is 1.87. The van der Waals surface area contributed by atoms with Gasteiger partial charge in [-0.15, -0.1) is 0 Å². The van der Waals surface area contributed by atoms with Crippen molar-refractivity contribution in [2.45, 2.75) is 46.1 Å². The number of ether oxygens (including phenoxy) is 1. The fourth-order valence-electron chi connectivity index (χ4n) is 0.553. The zero-order valence-electron chi connectivity index (χ0n) is 7.81. The smallest absolute Gasteiger partial charge is 0.310 e. The summed E-state index contributed by atoms with van der Waals surface area (Å²) in [5.41, 5.74) is -0.317. The Balaban J connectivity index is 3.74. The van der Waals surface area contributed by atoms with Crippen molar-refractivity contribution in [3.8, 4) is 0 Å². The molecule has 0 aromatic rings. The maximum atomic E-state index is 10.9. The van der Waals surface area contributed by atoms with Crippen molar-refractivity contribution < 1.29 is 9.53 Å². The molecular formula is C9H17O2. The van der Waals surface area contributed by atoms with Gasteiger partial charge in [-0.25, -0.2) is 0 Å². The van der Waals surface area contributed by atoms with Gasteiger partial charge in [0.2, 0.25) is 0 Å². The standard InChI is InChI=1S/C9H17O2/c1-5-7-8(10)11-9(3,4)6-2/h7H,5-6H2,1-4H3. The van der Waals surface area contributed by atoms with Gasteiger partial charge in [-0.2, -0.15) is 0 Å². The first-order valence-electron chi connectivity index (χ1n) is 4.08. The van der Waals surface area contributed by atoms with Gasteiger partial charge in [0.15, 0.2) is 0 Å². The van der Waals surface area contributed by atoms with Crippen molar-refractivity contribution in [2.24, 2.45) is 0 Å². The Hall–Kier alpha value is -0.530. The predicted molar refractivity (Wildman–Crippen MR) is 45.1 cm³/mol. The van der Waals surface area contributed by atoms with Gasteiger partial charge in [0.05, 0.1) is 6.42 Å². The normalized spacial score (nSPS) is 11.3. The van der Waals surface area contributed by atoms with Gasteiger partial charge in [-0.1, -0.05) is 13.8 Å². The molecule has 0 aromatic carbocycles. The minimum absolute atomic E-state index is 0.209. The second-order valence-corrected chi connectivity index (χ2v) is 3.15. The summed E-state index contributed by atoms with van der Waals surface area (Å²) in [4.78, 5) is 10.9. The fraction of sp³-hybridized carbons (Fsp3) is 0.778. The van der Waals surface area contributed by atoms with Crippen LogP contribution in [0.5, 0.6) is 0 Å². The summed E-state index contributed by atoms with van der Waals surface area (Å²) in [6.45, 7) is 7.74. The largest absolute Gasteiger partial charge is 0.459 e. The number of rotatable bonds is 4. The van der Waals surface area contributed by atoms with E-state index in [1.165, 1.54) is 0 Å². The van der Waals surface area contributed by atoms with Crippen LogP contribution in [0.2, 0.25) is 0 Å². The summed E-state index contributed by atoms with van der Waals surface area (Å²) in [5.74, 6) is -0.209. The molecule has 1 radical (unpaired) electrons. The monoisotopic (exact) mass is 157 g/mol. The molecule has 0 atom stereocenters. The molecular weight excluding hydrogens is 140 g/mol. The Labute approximate surface area is 68.9 Å². The zero-order chi connectivity index (χ0) is 8.91. The summed E-state index contributed by atoms with van der Waals surface area (Å²) in [7, 11) is 0. The molecule has 0 aliphatic heterocycles. The number of carbonyl (C=O) groups is 1. The van der Waals surface area contributed by atoms with Crippen LogP contribution in [-0.4, -0.2) is 11.6 Å². The van der Waals surface area contributed by atoms with E-state index in [0.717, 1.165) is 12.8 Å². The highest BCUT2D eigenvalue weighted by atomic mass is 16.6. The third-order valence-electron chi connectivity index (χ3n) is 1.60. The Bertz CT molecular complexity index is 128. The van der Waals surface area contributed by atoms with Gasteiger partial charge in [0.25, 0.3) is 0 Å². The minimum Gasteiger partial charge on any atom is -0.459 e. The Morgan fingerprint density at radius 2 is 2.00 bits per heavy atom. The summed E-state index contributed by atoms with van der Waals surface area (Å²) >= 11 is 0. The molecule has 65 valence electrons. The molecule has 0 aliphatic carbocycles. The van der Waals surface area contributed by atoms with Gasteiger partial charge in [-0.3, -0.25) is 4.79 Å². The maximum Gasteiger partial charge on any atom is 0.310 e. The minimum atomic E-state index is -0.317. The van der Waals surface area contributed by atoms with Crippen LogP contribution in [-0.2, 0) is 9.53 Å². The van der Waals surface area contributed by atoms with Crippen molar-refractivity contribution in [2.75, 3.05) is 0 Å². The van der Waals surface area contributed by atoms with Gasteiger partial charge in [-0.05, 0) is 26.7 Å². The first kappa shape index (κ1) is 10.5. The number of hydrogen-bond acceptors (Lipinski definition) is 2. The molecule has 0 heterocycles. The quantitative estimate of drug-likeness (QED) is 0.585. The third kappa shape index (κ3) is 4.82. The SMILES string of the molecule is CC[CH]C(=O)OC(C)(C)CC. The molecule has 0 fully saturated rings. The van der Waals surface area contributed by atoms with Crippen LogP contribution in [0.25, 0.3) is 0 Å². The van der Waals surface area contributed by atoms with E-state index in [4.69, 9.17) is 4.74 Å². The van der Waals surface area contributed by atoms with E-state index in [1.54, 1.807) is 6.42 Å². The summed E-state index contributed by atoms with van der Waals surface area (Å²) in [5, 5.41) is 0. The highest BCUT2D eigenvalue weighted by molar-refractivity contribution is 5.79. The first-order valence-corrected chi connectivity index (χ1v) is 4.08. The van der Waals surface area contributed by atoms with E-state index in [1.807, 2.05) is 27.7 Å². The van der Waals surface area contributed by atoms with Gasteiger partial charge in [0.1, 0.15) is 5.60 Å². The van der Waals surface area contributed by atoms with Crippen molar-refractivity contribution in [3.63, 3.8) is 0 Å². The topological polar surface area (TPSA) is 26.3 Å². The van der Waals surface area contributed by atoms with Crippen LogP contribution in [0.3, 0.4) is 0 Å². The molecule has 0 rings (SSSR count). The molecule has 0 N–H and O–H groups in total. The van der Waals surface area contributed by atoms with E-state index in [2.05, 4.69) is 0 Å². The Kier molecular flexibility index (Phi) is 4.16. The van der Waals surface area contributed by atoms with E-state index < -0.39 is 0 Å². The van der Waals surface area contributed by atoms with Crippen molar-refractivity contribution >= 4 is 5.97 Å². The fourth-order valence-corrected chi connectivity index (χ4v) is 0.553. The summed E-state index contributed by atoms with van der Waals surface area (Å²) in [6.07, 6.45) is 3.13. The lowest BCUT2D eigenvalue weighted by Gasteiger charge is -2.22. The lowest BCUT2D eigenvalue weighted by molar-refractivity contribution is -0.152. The summed E-state index contributed by atoms with van der Waals surface area (Å²) in [6, 6.07) is 0. The van der Waals surface area contributed by atoms with Crippen LogP contribution in [0.4, 0.5) is 0 Å². The zero-order valence-corrected chi connectivity index (χ0v) is 7.81. The van der Waals surface area contributed by atoms with Gasteiger partial charge < -0.3 is 4.74 Å². The number of esters is 1. The Morgan fingerprint density at radius 1 is 1.45 bits per heavy atom. The molecule has 0 aromatic heterocycles. The van der Waals surface area contributed by atoms with Gasteiger partial charge in [0, 0.05) is 0 Å². The van der Waals surface area contributed by atoms with Crippen molar-refractivity contribution in [1.29, 1.82) is 0 Å². The van der Waals surface area contributed by atoms with E-state index >= 15 is 0 Å². The molecule has 11 heavy (non-hydrogen) atoms. The third-order valence-corrected chi connectivity index (χ3v) is 1.60. The average molecular weight is 157 g/mol. The molecule has 0 aliphatic rings. The molecule has 0 spiro atoms. The van der Waals surface area contributed by atoms with Crippen molar-refractivity contribution in [3.05, 3.63) is 6.42 Å². The molecule has 0 bridgehead atoms. The summed E-state index contributed by atoms with van der Waals surface area (Å²) < 4.78 is 5.13.